The average molecular weight is 266 g/mol. The molecule has 1 aliphatic rings. The summed E-state index contributed by atoms with van der Waals surface area (Å²) in [6.07, 6.45) is 5.07. The van der Waals surface area contributed by atoms with Gasteiger partial charge in [-0.2, -0.15) is 0 Å². The molecule has 3 atom stereocenters. The number of carbonyl (C=O) groups excluding carboxylic acids is 1. The van der Waals surface area contributed by atoms with Crippen LogP contribution in [0.25, 0.3) is 0 Å². The van der Waals surface area contributed by atoms with Crippen LogP contribution < -0.4 is 11.3 Å². The molecule has 2 rings (SSSR count). The summed E-state index contributed by atoms with van der Waals surface area (Å²) < 4.78 is 11.2. The molecule has 0 spiro atoms. The van der Waals surface area contributed by atoms with Crippen LogP contribution in [0.2, 0.25) is 0 Å². The standard InChI is InChI=1S/C14H22N2O3/c1-9-3-4-11(7-10(9)2)19-8-13-12(5-6-18-13)14(17)16-15/h5-6,9-11H,3-4,7-8,15H2,1-2H3,(H,16,17). The van der Waals surface area contributed by atoms with E-state index in [-0.39, 0.29) is 12.0 Å². The van der Waals surface area contributed by atoms with Crippen molar-refractivity contribution in [3.05, 3.63) is 23.7 Å². The molecule has 1 saturated carbocycles. The molecule has 1 aromatic heterocycles. The second kappa shape index (κ2) is 6.21. The molecule has 0 aliphatic heterocycles. The lowest BCUT2D eigenvalue weighted by Gasteiger charge is -2.31. The van der Waals surface area contributed by atoms with Gasteiger partial charge in [-0.25, -0.2) is 5.84 Å². The molecule has 3 unspecified atom stereocenters. The molecule has 0 aromatic carbocycles. The van der Waals surface area contributed by atoms with Crippen molar-refractivity contribution in [2.24, 2.45) is 17.7 Å². The molecule has 1 fully saturated rings. The number of nitrogens with one attached hydrogen (secondary N) is 1. The molecule has 106 valence electrons. The molecule has 0 saturated heterocycles. The first-order chi connectivity index (χ1) is 9.11. The first kappa shape index (κ1) is 14.1. The van der Waals surface area contributed by atoms with E-state index < -0.39 is 0 Å². The third-order valence-corrected chi connectivity index (χ3v) is 4.12. The Hall–Kier alpha value is -1.33. The van der Waals surface area contributed by atoms with E-state index in [1.54, 1.807) is 6.07 Å². The normalized spacial score (nSPS) is 27.2. The van der Waals surface area contributed by atoms with E-state index in [1.165, 1.54) is 12.7 Å². The van der Waals surface area contributed by atoms with Crippen LogP contribution in [-0.2, 0) is 11.3 Å². The topological polar surface area (TPSA) is 77.5 Å². The van der Waals surface area contributed by atoms with Gasteiger partial charge >= 0.3 is 0 Å². The third-order valence-electron chi connectivity index (χ3n) is 4.12. The van der Waals surface area contributed by atoms with Crippen LogP contribution in [0, 0.1) is 11.8 Å². The van der Waals surface area contributed by atoms with Gasteiger partial charge in [-0.15, -0.1) is 0 Å². The summed E-state index contributed by atoms with van der Waals surface area (Å²) in [5.41, 5.74) is 2.55. The Kier molecular flexibility index (Phi) is 4.61. The van der Waals surface area contributed by atoms with Crippen molar-refractivity contribution in [2.75, 3.05) is 0 Å². The number of nitrogens with two attached hydrogens (primary N) is 1. The summed E-state index contributed by atoms with van der Waals surface area (Å²) in [6.45, 7) is 4.87. The molecule has 1 heterocycles. The van der Waals surface area contributed by atoms with Gasteiger partial charge in [0.1, 0.15) is 12.4 Å². The number of hydrogen-bond acceptors (Lipinski definition) is 4. The fourth-order valence-corrected chi connectivity index (χ4v) is 2.58. The molecule has 5 nitrogen and oxygen atoms in total. The van der Waals surface area contributed by atoms with E-state index in [0.29, 0.717) is 23.8 Å². The zero-order valence-electron chi connectivity index (χ0n) is 11.5. The second-order valence-electron chi connectivity index (χ2n) is 5.43. The summed E-state index contributed by atoms with van der Waals surface area (Å²) in [5, 5.41) is 0. The van der Waals surface area contributed by atoms with Gasteiger partial charge in [-0.1, -0.05) is 13.8 Å². The first-order valence-corrected chi connectivity index (χ1v) is 6.80. The molecule has 0 bridgehead atoms. The number of nitrogen functional groups attached to an aromatic ring is 1. The highest BCUT2D eigenvalue weighted by molar-refractivity contribution is 5.94. The Balaban J connectivity index is 1.89. The Labute approximate surface area is 113 Å². The van der Waals surface area contributed by atoms with Gasteiger partial charge in [0.25, 0.3) is 5.91 Å². The largest absolute Gasteiger partial charge is 0.466 e. The van der Waals surface area contributed by atoms with Gasteiger partial charge in [0.15, 0.2) is 0 Å². The quantitative estimate of drug-likeness (QED) is 0.497. The summed E-state index contributed by atoms with van der Waals surface area (Å²) >= 11 is 0. The van der Waals surface area contributed by atoms with E-state index >= 15 is 0 Å². The van der Waals surface area contributed by atoms with E-state index in [0.717, 1.165) is 18.8 Å². The second-order valence-corrected chi connectivity index (χ2v) is 5.43. The number of hydrazine groups is 1. The zero-order valence-corrected chi connectivity index (χ0v) is 11.5. The third kappa shape index (κ3) is 3.36. The minimum absolute atomic E-state index is 0.255. The highest BCUT2D eigenvalue weighted by Gasteiger charge is 2.25. The van der Waals surface area contributed by atoms with Crippen LogP contribution in [0.4, 0.5) is 0 Å². The van der Waals surface area contributed by atoms with Crippen molar-refractivity contribution >= 4 is 5.91 Å². The monoisotopic (exact) mass is 266 g/mol. The lowest BCUT2D eigenvalue weighted by atomic mass is 9.80. The maximum absolute atomic E-state index is 11.5. The van der Waals surface area contributed by atoms with Crippen LogP contribution in [0.15, 0.2) is 16.7 Å². The summed E-state index contributed by atoms with van der Waals surface area (Å²) in [5.74, 6) is 6.76. The molecular weight excluding hydrogens is 244 g/mol. The molecule has 1 aromatic rings. The minimum Gasteiger partial charge on any atom is -0.466 e. The number of furan rings is 1. The fraction of sp³-hybridized carbons (Fsp3) is 0.643. The number of rotatable bonds is 4. The smallest absolute Gasteiger partial charge is 0.268 e. The Bertz CT molecular complexity index is 430. The van der Waals surface area contributed by atoms with Crippen molar-refractivity contribution in [1.82, 2.24) is 5.43 Å². The van der Waals surface area contributed by atoms with Crippen LogP contribution in [0.1, 0.15) is 49.2 Å². The van der Waals surface area contributed by atoms with Gasteiger partial charge < -0.3 is 9.15 Å². The Morgan fingerprint density at radius 3 is 2.95 bits per heavy atom. The number of carbonyl (C=O) groups is 1. The summed E-state index contributed by atoms with van der Waals surface area (Å²) in [7, 11) is 0. The zero-order chi connectivity index (χ0) is 13.8. The van der Waals surface area contributed by atoms with Gasteiger partial charge in [0.2, 0.25) is 0 Å². The van der Waals surface area contributed by atoms with Crippen LogP contribution >= 0.6 is 0 Å². The SMILES string of the molecule is CC1CCC(OCc2occc2C(=O)NN)CC1C. The lowest BCUT2D eigenvalue weighted by molar-refractivity contribution is -0.0142. The molecule has 3 N–H and O–H groups in total. The van der Waals surface area contributed by atoms with Crippen molar-refractivity contribution in [3.8, 4) is 0 Å². The highest BCUT2D eigenvalue weighted by atomic mass is 16.5. The highest BCUT2D eigenvalue weighted by Crippen LogP contribution is 2.31. The van der Waals surface area contributed by atoms with Gasteiger partial charge in [0, 0.05) is 0 Å². The molecule has 0 radical (unpaired) electrons. The average Bonchev–Trinajstić information content (AvgIpc) is 2.87. The first-order valence-electron chi connectivity index (χ1n) is 6.80. The predicted octanol–water partition coefficient (Wildman–Crippen LogP) is 2.22. The molecule has 19 heavy (non-hydrogen) atoms. The minimum atomic E-state index is -0.349. The summed E-state index contributed by atoms with van der Waals surface area (Å²) in [6, 6.07) is 1.60. The predicted molar refractivity (Wildman–Crippen MR) is 71.1 cm³/mol. The summed E-state index contributed by atoms with van der Waals surface area (Å²) in [4.78, 5) is 11.5. The maximum Gasteiger partial charge on any atom is 0.268 e. The fourth-order valence-electron chi connectivity index (χ4n) is 2.58. The molecular formula is C14H22N2O3. The molecule has 1 amide bonds. The van der Waals surface area contributed by atoms with Crippen molar-refractivity contribution < 1.29 is 13.9 Å². The Morgan fingerprint density at radius 2 is 2.26 bits per heavy atom. The molecule has 5 heteroatoms. The number of amides is 1. The van der Waals surface area contributed by atoms with Crippen molar-refractivity contribution in [1.29, 1.82) is 0 Å². The maximum atomic E-state index is 11.5. The van der Waals surface area contributed by atoms with Crippen LogP contribution in [0.3, 0.4) is 0 Å². The lowest BCUT2D eigenvalue weighted by Crippen LogP contribution is -2.30. The van der Waals surface area contributed by atoms with E-state index in [2.05, 4.69) is 19.3 Å². The van der Waals surface area contributed by atoms with Crippen LogP contribution in [-0.4, -0.2) is 12.0 Å². The Morgan fingerprint density at radius 1 is 1.47 bits per heavy atom. The van der Waals surface area contributed by atoms with Crippen LogP contribution in [0.5, 0.6) is 0 Å². The van der Waals surface area contributed by atoms with E-state index in [9.17, 15) is 4.79 Å². The van der Waals surface area contributed by atoms with Gasteiger partial charge in [0.05, 0.1) is 17.9 Å². The number of hydrogen-bond donors (Lipinski definition) is 2. The van der Waals surface area contributed by atoms with E-state index in [4.69, 9.17) is 15.0 Å². The van der Waals surface area contributed by atoms with Crippen molar-refractivity contribution in [2.45, 2.75) is 45.8 Å². The van der Waals surface area contributed by atoms with Crippen molar-refractivity contribution in [3.63, 3.8) is 0 Å². The van der Waals surface area contributed by atoms with Gasteiger partial charge in [-0.05, 0) is 37.2 Å². The van der Waals surface area contributed by atoms with Gasteiger partial charge in [-0.3, -0.25) is 10.2 Å². The van der Waals surface area contributed by atoms with E-state index in [1.807, 2.05) is 0 Å². The number of ether oxygens (including phenoxy) is 1. The molecule has 1 aliphatic carbocycles.